The molecule has 0 aliphatic carbocycles. The topological polar surface area (TPSA) is 46.2 Å². The van der Waals surface area contributed by atoms with Crippen molar-refractivity contribution in [2.45, 2.75) is 18.9 Å². The van der Waals surface area contributed by atoms with Crippen LogP contribution < -0.4 is 5.32 Å². The van der Waals surface area contributed by atoms with Crippen LogP contribution in [0.3, 0.4) is 0 Å². The van der Waals surface area contributed by atoms with E-state index < -0.39 is 9.84 Å². The van der Waals surface area contributed by atoms with Gasteiger partial charge in [0.05, 0.1) is 5.75 Å². The van der Waals surface area contributed by atoms with E-state index in [2.05, 4.69) is 11.9 Å². The standard InChI is InChI=1S/C8H17NO2S/c1-4-5-8(9-2)6-7-12(3,10)11/h4,8-9H,1,5-7H2,2-3H3. The van der Waals surface area contributed by atoms with Gasteiger partial charge in [0.15, 0.2) is 0 Å². The van der Waals surface area contributed by atoms with Crippen LogP contribution in [-0.2, 0) is 9.84 Å². The summed E-state index contributed by atoms with van der Waals surface area (Å²) in [7, 11) is -0.992. The Morgan fingerprint density at radius 2 is 2.17 bits per heavy atom. The van der Waals surface area contributed by atoms with Crippen molar-refractivity contribution >= 4 is 9.84 Å². The maximum absolute atomic E-state index is 10.8. The maximum Gasteiger partial charge on any atom is 0.147 e. The van der Waals surface area contributed by atoms with Gasteiger partial charge in [0, 0.05) is 12.3 Å². The van der Waals surface area contributed by atoms with E-state index in [1.54, 1.807) is 6.08 Å². The van der Waals surface area contributed by atoms with Crippen LogP contribution in [-0.4, -0.2) is 33.5 Å². The number of rotatable bonds is 6. The highest BCUT2D eigenvalue weighted by Gasteiger charge is 2.08. The van der Waals surface area contributed by atoms with E-state index in [0.29, 0.717) is 6.42 Å². The number of hydrogen-bond donors (Lipinski definition) is 1. The van der Waals surface area contributed by atoms with Crippen LogP contribution in [0.1, 0.15) is 12.8 Å². The molecular weight excluding hydrogens is 174 g/mol. The van der Waals surface area contributed by atoms with Crippen molar-refractivity contribution in [3.8, 4) is 0 Å². The van der Waals surface area contributed by atoms with Crippen molar-refractivity contribution in [1.29, 1.82) is 0 Å². The third-order valence-electron chi connectivity index (χ3n) is 1.70. The van der Waals surface area contributed by atoms with Gasteiger partial charge in [-0.2, -0.15) is 0 Å². The zero-order chi connectivity index (χ0) is 9.61. The average Bonchev–Trinajstić information content (AvgIpc) is 1.96. The third-order valence-corrected chi connectivity index (χ3v) is 2.67. The highest BCUT2D eigenvalue weighted by molar-refractivity contribution is 7.90. The highest BCUT2D eigenvalue weighted by atomic mass is 32.2. The lowest BCUT2D eigenvalue weighted by atomic mass is 10.1. The molecule has 0 saturated heterocycles. The van der Waals surface area contributed by atoms with Gasteiger partial charge in [0.2, 0.25) is 0 Å². The largest absolute Gasteiger partial charge is 0.317 e. The molecule has 0 fully saturated rings. The minimum absolute atomic E-state index is 0.234. The Morgan fingerprint density at radius 3 is 2.50 bits per heavy atom. The second-order valence-electron chi connectivity index (χ2n) is 2.93. The summed E-state index contributed by atoms with van der Waals surface area (Å²) in [5, 5.41) is 3.04. The Kier molecular flexibility index (Phi) is 5.17. The van der Waals surface area contributed by atoms with Crippen molar-refractivity contribution in [2.24, 2.45) is 0 Å². The minimum Gasteiger partial charge on any atom is -0.317 e. The average molecular weight is 191 g/mol. The van der Waals surface area contributed by atoms with Gasteiger partial charge in [0.1, 0.15) is 9.84 Å². The van der Waals surface area contributed by atoms with Crippen LogP contribution in [0.15, 0.2) is 12.7 Å². The fraction of sp³-hybridized carbons (Fsp3) is 0.750. The molecule has 1 unspecified atom stereocenters. The van der Waals surface area contributed by atoms with Crippen molar-refractivity contribution in [1.82, 2.24) is 5.32 Å². The van der Waals surface area contributed by atoms with Crippen LogP contribution in [0.5, 0.6) is 0 Å². The van der Waals surface area contributed by atoms with Gasteiger partial charge in [-0.25, -0.2) is 8.42 Å². The van der Waals surface area contributed by atoms with Gasteiger partial charge in [-0.05, 0) is 19.9 Å². The molecule has 0 aromatic rings. The molecule has 3 nitrogen and oxygen atoms in total. The van der Waals surface area contributed by atoms with E-state index in [4.69, 9.17) is 0 Å². The first-order valence-corrected chi connectivity index (χ1v) is 6.01. The Hall–Kier alpha value is -0.350. The smallest absolute Gasteiger partial charge is 0.147 e. The molecule has 0 aromatic carbocycles. The van der Waals surface area contributed by atoms with Gasteiger partial charge in [-0.3, -0.25) is 0 Å². The van der Waals surface area contributed by atoms with E-state index in [1.807, 2.05) is 7.05 Å². The van der Waals surface area contributed by atoms with E-state index >= 15 is 0 Å². The number of hydrogen-bond acceptors (Lipinski definition) is 3. The Bertz CT molecular complexity index is 221. The van der Waals surface area contributed by atoms with Crippen LogP contribution in [0.25, 0.3) is 0 Å². The Labute approximate surface area is 74.8 Å². The SMILES string of the molecule is C=CCC(CCS(C)(=O)=O)NC. The van der Waals surface area contributed by atoms with Crippen molar-refractivity contribution in [3.05, 3.63) is 12.7 Å². The molecule has 1 N–H and O–H groups in total. The summed E-state index contributed by atoms with van der Waals surface area (Å²) in [6.45, 7) is 3.60. The van der Waals surface area contributed by atoms with Crippen LogP contribution in [0.2, 0.25) is 0 Å². The summed E-state index contributed by atoms with van der Waals surface area (Å²) in [4.78, 5) is 0. The molecule has 0 saturated carbocycles. The first-order valence-electron chi connectivity index (χ1n) is 3.95. The summed E-state index contributed by atoms with van der Waals surface area (Å²) in [5.74, 6) is 0.242. The van der Waals surface area contributed by atoms with Crippen LogP contribution in [0.4, 0.5) is 0 Å². The lowest BCUT2D eigenvalue weighted by molar-refractivity contribution is 0.542. The molecule has 0 aromatic heterocycles. The van der Waals surface area contributed by atoms with Crippen molar-refractivity contribution in [3.63, 3.8) is 0 Å². The van der Waals surface area contributed by atoms with E-state index in [1.165, 1.54) is 6.26 Å². The van der Waals surface area contributed by atoms with Gasteiger partial charge in [-0.1, -0.05) is 6.08 Å². The van der Waals surface area contributed by atoms with Gasteiger partial charge in [-0.15, -0.1) is 6.58 Å². The van der Waals surface area contributed by atoms with Crippen molar-refractivity contribution < 1.29 is 8.42 Å². The highest BCUT2D eigenvalue weighted by Crippen LogP contribution is 2.00. The third kappa shape index (κ3) is 6.37. The summed E-state index contributed by atoms with van der Waals surface area (Å²) < 4.78 is 21.6. The maximum atomic E-state index is 10.8. The predicted octanol–water partition coefficient (Wildman–Crippen LogP) is 0.585. The molecule has 1 atom stereocenters. The molecule has 0 rings (SSSR count). The minimum atomic E-state index is -2.82. The zero-order valence-electron chi connectivity index (χ0n) is 7.71. The van der Waals surface area contributed by atoms with Crippen molar-refractivity contribution in [2.75, 3.05) is 19.1 Å². The fourth-order valence-corrected chi connectivity index (χ4v) is 1.65. The lowest BCUT2D eigenvalue weighted by Gasteiger charge is -2.12. The molecule has 0 amide bonds. The number of sulfone groups is 1. The summed E-state index contributed by atoms with van der Waals surface area (Å²) in [6.07, 6.45) is 4.52. The second kappa shape index (κ2) is 5.32. The monoisotopic (exact) mass is 191 g/mol. The molecule has 72 valence electrons. The summed E-state index contributed by atoms with van der Waals surface area (Å²) in [5.41, 5.74) is 0. The summed E-state index contributed by atoms with van der Waals surface area (Å²) in [6, 6.07) is 0.234. The van der Waals surface area contributed by atoms with E-state index in [0.717, 1.165) is 6.42 Å². The van der Waals surface area contributed by atoms with Crippen LogP contribution in [0, 0.1) is 0 Å². The zero-order valence-corrected chi connectivity index (χ0v) is 8.52. The van der Waals surface area contributed by atoms with Gasteiger partial charge < -0.3 is 5.32 Å². The molecule has 0 aliphatic rings. The lowest BCUT2D eigenvalue weighted by Crippen LogP contribution is -2.26. The van der Waals surface area contributed by atoms with E-state index in [-0.39, 0.29) is 11.8 Å². The molecule has 0 spiro atoms. The molecule has 0 aliphatic heterocycles. The fourth-order valence-electron chi connectivity index (χ4n) is 0.938. The van der Waals surface area contributed by atoms with Gasteiger partial charge >= 0.3 is 0 Å². The Morgan fingerprint density at radius 1 is 1.58 bits per heavy atom. The summed E-state index contributed by atoms with van der Waals surface area (Å²) >= 11 is 0. The quantitative estimate of drug-likeness (QED) is 0.625. The van der Waals surface area contributed by atoms with Gasteiger partial charge in [0.25, 0.3) is 0 Å². The first-order chi connectivity index (χ1) is 5.49. The normalized spacial score (nSPS) is 14.2. The molecule has 0 radical (unpaired) electrons. The molecule has 0 heterocycles. The number of nitrogens with one attached hydrogen (secondary N) is 1. The molecule has 12 heavy (non-hydrogen) atoms. The Balaban J connectivity index is 3.80. The predicted molar refractivity (Wildman–Crippen MR) is 52.0 cm³/mol. The van der Waals surface area contributed by atoms with Crippen LogP contribution >= 0.6 is 0 Å². The first kappa shape index (κ1) is 11.6. The van der Waals surface area contributed by atoms with E-state index in [9.17, 15) is 8.42 Å². The molecule has 0 bridgehead atoms. The molecular formula is C8H17NO2S. The second-order valence-corrected chi connectivity index (χ2v) is 5.19. The molecule has 4 heteroatoms.